The summed E-state index contributed by atoms with van der Waals surface area (Å²) in [7, 11) is -2.71. The maximum atomic E-state index is 9.26. The molecular formula is C6H12O5. The maximum absolute atomic E-state index is 9.26. The van der Waals surface area contributed by atoms with Gasteiger partial charge in [0, 0.05) is 7.04 Å². The molecule has 11 heavy (non-hydrogen) atoms. The molecule has 0 unspecified atom stereocenters. The molecule has 0 saturated carbocycles. The van der Waals surface area contributed by atoms with Crippen molar-refractivity contribution in [1.82, 2.24) is 0 Å². The number of aliphatic hydroxyl groups excluding tert-OH is 3. The van der Waals surface area contributed by atoms with Crippen LogP contribution in [0.2, 0.25) is 0 Å². The molecule has 0 aromatic carbocycles. The zero-order valence-corrected chi connectivity index (χ0v) is 5.67. The SMILES string of the molecule is [2H]C([2H])([2H])O[C@@H]1OC[C@H](O)[C@H](O)[C@H]1O. The Bertz CT molecular complexity index is 196. The van der Waals surface area contributed by atoms with Crippen LogP contribution in [-0.4, -0.2) is 53.6 Å². The second-order valence-electron chi connectivity index (χ2n) is 2.37. The Kier molecular flexibility index (Phi) is 1.72. The molecule has 1 aliphatic heterocycles. The molecular weight excluding hydrogens is 152 g/mol. The van der Waals surface area contributed by atoms with Gasteiger partial charge in [0.2, 0.25) is 0 Å². The van der Waals surface area contributed by atoms with E-state index in [1.165, 1.54) is 0 Å². The first-order valence-corrected chi connectivity index (χ1v) is 3.15. The lowest BCUT2D eigenvalue weighted by Crippen LogP contribution is -2.53. The average Bonchev–Trinajstić information content (AvgIpc) is 2.04. The lowest BCUT2D eigenvalue weighted by atomic mass is 10.1. The van der Waals surface area contributed by atoms with E-state index in [0.717, 1.165) is 0 Å². The molecule has 1 rings (SSSR count). The molecule has 4 atom stereocenters. The number of aliphatic hydroxyl groups is 3. The summed E-state index contributed by atoms with van der Waals surface area (Å²) in [5.41, 5.74) is 0. The fourth-order valence-electron chi connectivity index (χ4n) is 0.883. The normalized spacial score (nSPS) is 51.0. The molecule has 0 spiro atoms. The third-order valence-corrected chi connectivity index (χ3v) is 1.57. The lowest BCUT2D eigenvalue weighted by Gasteiger charge is -2.33. The average molecular weight is 167 g/mol. The van der Waals surface area contributed by atoms with Crippen molar-refractivity contribution in [2.45, 2.75) is 24.6 Å². The minimum Gasteiger partial charge on any atom is -0.388 e. The Labute approximate surface area is 68.4 Å². The minimum absolute atomic E-state index is 0.279. The van der Waals surface area contributed by atoms with Crippen molar-refractivity contribution < 1.29 is 28.9 Å². The molecule has 0 amide bonds. The highest BCUT2D eigenvalue weighted by atomic mass is 16.7. The van der Waals surface area contributed by atoms with Gasteiger partial charge in [0.25, 0.3) is 0 Å². The minimum atomic E-state index is -2.71. The van der Waals surface area contributed by atoms with Gasteiger partial charge in [0.1, 0.15) is 18.3 Å². The third kappa shape index (κ3) is 1.69. The number of ether oxygens (including phenoxy) is 2. The highest BCUT2D eigenvalue weighted by Gasteiger charge is 2.37. The second kappa shape index (κ2) is 3.46. The zero-order valence-electron chi connectivity index (χ0n) is 8.67. The molecule has 1 saturated heterocycles. The summed E-state index contributed by atoms with van der Waals surface area (Å²) in [6.07, 6.45) is -5.71. The summed E-state index contributed by atoms with van der Waals surface area (Å²) in [5, 5.41) is 27.5. The fourth-order valence-corrected chi connectivity index (χ4v) is 0.883. The Hall–Kier alpha value is -0.200. The van der Waals surface area contributed by atoms with Crippen LogP contribution >= 0.6 is 0 Å². The summed E-state index contributed by atoms with van der Waals surface area (Å²) >= 11 is 0. The van der Waals surface area contributed by atoms with Gasteiger partial charge in [-0.25, -0.2) is 0 Å². The Morgan fingerprint density at radius 3 is 2.82 bits per heavy atom. The predicted octanol–water partition coefficient (Wildman–Crippen LogP) is -1.93. The van der Waals surface area contributed by atoms with Crippen molar-refractivity contribution in [2.24, 2.45) is 0 Å². The monoisotopic (exact) mass is 167 g/mol. The van der Waals surface area contributed by atoms with Crippen molar-refractivity contribution in [3.8, 4) is 0 Å². The van der Waals surface area contributed by atoms with Gasteiger partial charge < -0.3 is 24.8 Å². The summed E-state index contributed by atoms with van der Waals surface area (Å²) in [6.45, 7) is -0.279. The quantitative estimate of drug-likeness (QED) is 0.424. The molecule has 1 fully saturated rings. The highest BCUT2D eigenvalue weighted by Crippen LogP contribution is 2.15. The van der Waals surface area contributed by atoms with Crippen LogP contribution in [0.5, 0.6) is 0 Å². The van der Waals surface area contributed by atoms with Gasteiger partial charge in [0.15, 0.2) is 6.29 Å². The third-order valence-electron chi connectivity index (χ3n) is 1.57. The zero-order chi connectivity index (χ0) is 10.9. The van der Waals surface area contributed by atoms with E-state index < -0.39 is 31.6 Å². The van der Waals surface area contributed by atoms with E-state index in [2.05, 4.69) is 4.74 Å². The van der Waals surface area contributed by atoms with Gasteiger partial charge in [-0.2, -0.15) is 0 Å². The Morgan fingerprint density at radius 2 is 2.18 bits per heavy atom. The van der Waals surface area contributed by atoms with E-state index >= 15 is 0 Å². The predicted molar refractivity (Wildman–Crippen MR) is 34.8 cm³/mol. The molecule has 66 valence electrons. The number of methoxy groups -OCH3 is 1. The Balaban J connectivity index is 2.55. The molecule has 1 aliphatic rings. The lowest BCUT2D eigenvalue weighted by molar-refractivity contribution is -0.261. The number of rotatable bonds is 1. The maximum Gasteiger partial charge on any atom is 0.185 e. The number of hydrogen-bond acceptors (Lipinski definition) is 5. The Morgan fingerprint density at radius 1 is 1.45 bits per heavy atom. The first-order valence-electron chi connectivity index (χ1n) is 4.65. The fraction of sp³-hybridized carbons (Fsp3) is 1.00. The summed E-state index contributed by atoms with van der Waals surface area (Å²) in [4.78, 5) is 0. The van der Waals surface area contributed by atoms with Crippen LogP contribution < -0.4 is 0 Å². The molecule has 1 heterocycles. The van der Waals surface area contributed by atoms with Crippen LogP contribution in [0.3, 0.4) is 0 Å². The van der Waals surface area contributed by atoms with E-state index in [1.807, 2.05) is 0 Å². The van der Waals surface area contributed by atoms with Gasteiger partial charge in [0.05, 0.1) is 10.7 Å². The standard InChI is InChI=1S/C6H12O5/c1-10-6-5(9)4(8)3(7)2-11-6/h3-9H,2H2,1H3/t3-,4-,5+,6+/m0/s1/i1D3. The van der Waals surface area contributed by atoms with Crippen molar-refractivity contribution in [1.29, 1.82) is 0 Å². The molecule has 0 aromatic heterocycles. The van der Waals surface area contributed by atoms with E-state index in [4.69, 9.17) is 19.1 Å². The largest absolute Gasteiger partial charge is 0.388 e. The van der Waals surface area contributed by atoms with Crippen LogP contribution in [-0.2, 0) is 9.47 Å². The molecule has 0 aromatic rings. The van der Waals surface area contributed by atoms with Crippen molar-refractivity contribution in [2.75, 3.05) is 13.6 Å². The van der Waals surface area contributed by atoms with E-state index in [0.29, 0.717) is 0 Å². The molecule has 0 radical (unpaired) electrons. The van der Waals surface area contributed by atoms with Crippen LogP contribution in [0, 0.1) is 0 Å². The van der Waals surface area contributed by atoms with Crippen LogP contribution in [0.25, 0.3) is 0 Å². The van der Waals surface area contributed by atoms with Crippen LogP contribution in [0.1, 0.15) is 4.11 Å². The second-order valence-corrected chi connectivity index (χ2v) is 2.37. The smallest absolute Gasteiger partial charge is 0.185 e. The highest BCUT2D eigenvalue weighted by molar-refractivity contribution is 4.81. The summed E-state index contributed by atoms with van der Waals surface area (Å²) in [6, 6.07) is 0. The number of hydrogen-bond donors (Lipinski definition) is 3. The van der Waals surface area contributed by atoms with E-state index in [1.54, 1.807) is 0 Å². The topological polar surface area (TPSA) is 79.2 Å². The summed E-state index contributed by atoms with van der Waals surface area (Å²) < 4.78 is 29.3. The molecule has 5 nitrogen and oxygen atoms in total. The molecule has 3 N–H and O–H groups in total. The van der Waals surface area contributed by atoms with E-state index in [-0.39, 0.29) is 6.61 Å². The van der Waals surface area contributed by atoms with Crippen LogP contribution in [0.4, 0.5) is 0 Å². The molecule has 5 heteroatoms. The van der Waals surface area contributed by atoms with Gasteiger partial charge >= 0.3 is 0 Å². The van der Waals surface area contributed by atoms with Gasteiger partial charge in [-0.15, -0.1) is 0 Å². The van der Waals surface area contributed by atoms with Gasteiger partial charge in [-0.1, -0.05) is 0 Å². The van der Waals surface area contributed by atoms with Gasteiger partial charge in [-0.05, 0) is 0 Å². The first kappa shape index (κ1) is 5.45. The van der Waals surface area contributed by atoms with E-state index in [9.17, 15) is 5.11 Å². The first-order chi connectivity index (χ1) is 6.31. The van der Waals surface area contributed by atoms with Crippen molar-refractivity contribution in [3.63, 3.8) is 0 Å². The summed E-state index contributed by atoms with van der Waals surface area (Å²) in [5.74, 6) is 0. The van der Waals surface area contributed by atoms with Crippen LogP contribution in [0.15, 0.2) is 0 Å². The molecule has 0 aliphatic carbocycles. The molecule has 0 bridgehead atoms. The van der Waals surface area contributed by atoms with Gasteiger partial charge in [-0.3, -0.25) is 0 Å². The van der Waals surface area contributed by atoms with Crippen molar-refractivity contribution in [3.05, 3.63) is 0 Å². The van der Waals surface area contributed by atoms with Crippen molar-refractivity contribution >= 4 is 0 Å².